The maximum atomic E-state index is 12.4. The lowest BCUT2D eigenvalue weighted by Crippen LogP contribution is -2.36. The van der Waals surface area contributed by atoms with E-state index in [1.807, 2.05) is 12.1 Å². The molecule has 1 aliphatic rings. The molecule has 2 aromatic rings. The molecule has 3 heterocycles. The highest BCUT2D eigenvalue weighted by atomic mass is 16.1. The summed E-state index contributed by atoms with van der Waals surface area (Å²) >= 11 is 0. The summed E-state index contributed by atoms with van der Waals surface area (Å²) in [4.78, 5) is 19.3. The lowest BCUT2D eigenvalue weighted by Gasteiger charge is -2.31. The van der Waals surface area contributed by atoms with Crippen molar-refractivity contribution in [1.82, 2.24) is 24.6 Å². The van der Waals surface area contributed by atoms with E-state index in [1.165, 1.54) is 0 Å². The van der Waals surface area contributed by atoms with Gasteiger partial charge in [-0.05, 0) is 44.0 Å². The molecule has 134 valence electrons. The van der Waals surface area contributed by atoms with E-state index < -0.39 is 0 Å². The van der Waals surface area contributed by atoms with Crippen LogP contribution in [0.2, 0.25) is 0 Å². The highest BCUT2D eigenvalue weighted by Crippen LogP contribution is 2.21. The maximum Gasteiger partial charge on any atom is 0.253 e. The molecule has 0 amide bonds. The molecule has 0 saturated carbocycles. The van der Waals surface area contributed by atoms with Crippen LogP contribution in [0.15, 0.2) is 35.5 Å². The number of hydrogen-bond acceptors (Lipinski definition) is 5. The largest absolute Gasteiger partial charge is 0.299 e. The third-order valence-corrected chi connectivity index (χ3v) is 4.82. The summed E-state index contributed by atoms with van der Waals surface area (Å²) in [5.41, 5.74) is 1.83. The maximum absolute atomic E-state index is 12.4. The second-order valence-corrected chi connectivity index (χ2v) is 7.95. The first-order chi connectivity index (χ1) is 11.9. The average Bonchev–Trinajstić information content (AvgIpc) is 2.58. The quantitative estimate of drug-likeness (QED) is 0.853. The van der Waals surface area contributed by atoms with Crippen molar-refractivity contribution in [3.8, 4) is 0 Å². The van der Waals surface area contributed by atoms with E-state index in [1.54, 1.807) is 23.2 Å². The highest BCUT2D eigenvalue weighted by molar-refractivity contribution is 5.10. The van der Waals surface area contributed by atoms with Crippen molar-refractivity contribution in [2.75, 3.05) is 13.1 Å². The van der Waals surface area contributed by atoms with Crippen LogP contribution in [0.25, 0.3) is 0 Å². The third-order valence-electron chi connectivity index (χ3n) is 4.82. The molecule has 0 N–H and O–H groups in total. The molecule has 0 bridgehead atoms. The normalized spacial score (nSPS) is 16.9. The smallest absolute Gasteiger partial charge is 0.253 e. The van der Waals surface area contributed by atoms with Gasteiger partial charge in [0.2, 0.25) is 0 Å². The van der Waals surface area contributed by atoms with Gasteiger partial charge in [0, 0.05) is 30.8 Å². The van der Waals surface area contributed by atoms with Crippen LogP contribution >= 0.6 is 0 Å². The van der Waals surface area contributed by atoms with Crippen LogP contribution in [0.4, 0.5) is 0 Å². The van der Waals surface area contributed by atoms with E-state index in [9.17, 15) is 4.79 Å². The van der Waals surface area contributed by atoms with Gasteiger partial charge >= 0.3 is 0 Å². The Hall–Kier alpha value is -2.08. The molecule has 0 radical (unpaired) electrons. The number of piperidine rings is 1. The van der Waals surface area contributed by atoms with Crippen molar-refractivity contribution < 1.29 is 0 Å². The van der Waals surface area contributed by atoms with Gasteiger partial charge in [0.15, 0.2) is 0 Å². The molecule has 0 unspecified atom stereocenters. The van der Waals surface area contributed by atoms with E-state index in [-0.39, 0.29) is 11.0 Å². The Labute approximate surface area is 148 Å². The summed E-state index contributed by atoms with van der Waals surface area (Å²) in [6.07, 6.45) is 5.60. The fourth-order valence-corrected chi connectivity index (χ4v) is 3.23. The number of likely N-dealkylation sites (tertiary alicyclic amines) is 1. The number of nitrogens with zero attached hydrogens (tertiary/aromatic N) is 5. The molecule has 0 atom stereocenters. The Balaban J connectivity index is 1.55. The van der Waals surface area contributed by atoms with Gasteiger partial charge in [-0.2, -0.15) is 10.2 Å². The van der Waals surface area contributed by atoms with E-state index >= 15 is 0 Å². The summed E-state index contributed by atoms with van der Waals surface area (Å²) in [6.45, 7) is 9.90. The Kier molecular flexibility index (Phi) is 5.27. The molecule has 2 aromatic heterocycles. The third kappa shape index (κ3) is 4.72. The van der Waals surface area contributed by atoms with Gasteiger partial charge in [-0.25, -0.2) is 4.98 Å². The minimum absolute atomic E-state index is 0.0573. The first-order valence-corrected chi connectivity index (χ1v) is 8.98. The first-order valence-electron chi connectivity index (χ1n) is 8.98. The van der Waals surface area contributed by atoms with Crippen LogP contribution in [0.3, 0.4) is 0 Å². The van der Waals surface area contributed by atoms with Crippen molar-refractivity contribution in [2.24, 2.45) is 5.92 Å². The van der Waals surface area contributed by atoms with Gasteiger partial charge in [0.05, 0.1) is 17.7 Å². The zero-order valence-electron chi connectivity index (χ0n) is 15.4. The molecule has 1 fully saturated rings. The van der Waals surface area contributed by atoms with Crippen molar-refractivity contribution >= 4 is 0 Å². The van der Waals surface area contributed by atoms with E-state index in [0.29, 0.717) is 5.92 Å². The average molecular weight is 341 g/mol. The minimum Gasteiger partial charge on any atom is -0.299 e. The SMILES string of the molecule is CC(C)(C)c1cc(=O)n(CC2CCN(Cc3cccnn3)CC2)cn1. The lowest BCUT2D eigenvalue weighted by atomic mass is 9.92. The van der Waals surface area contributed by atoms with Crippen LogP contribution in [0.1, 0.15) is 45.0 Å². The number of hydrogen-bond donors (Lipinski definition) is 0. The van der Waals surface area contributed by atoms with Crippen LogP contribution in [0.5, 0.6) is 0 Å². The van der Waals surface area contributed by atoms with Crippen molar-refractivity contribution in [2.45, 2.75) is 52.1 Å². The second-order valence-electron chi connectivity index (χ2n) is 7.95. The van der Waals surface area contributed by atoms with E-state index in [4.69, 9.17) is 0 Å². The molecule has 0 spiro atoms. The molecule has 25 heavy (non-hydrogen) atoms. The predicted molar refractivity (Wildman–Crippen MR) is 97.2 cm³/mol. The Morgan fingerprint density at radius 3 is 2.60 bits per heavy atom. The topological polar surface area (TPSA) is 63.9 Å². The fourth-order valence-electron chi connectivity index (χ4n) is 3.23. The second kappa shape index (κ2) is 7.44. The molecule has 6 heteroatoms. The summed E-state index contributed by atoms with van der Waals surface area (Å²) < 4.78 is 1.76. The lowest BCUT2D eigenvalue weighted by molar-refractivity contribution is 0.164. The Morgan fingerprint density at radius 2 is 2.00 bits per heavy atom. The van der Waals surface area contributed by atoms with Crippen LogP contribution in [-0.4, -0.2) is 37.7 Å². The molecule has 0 aliphatic carbocycles. The summed E-state index contributed by atoms with van der Waals surface area (Å²) in [5.74, 6) is 0.526. The van der Waals surface area contributed by atoms with Gasteiger partial charge in [0.1, 0.15) is 0 Å². The van der Waals surface area contributed by atoms with Crippen LogP contribution in [-0.2, 0) is 18.5 Å². The molecule has 1 aliphatic heterocycles. The zero-order valence-corrected chi connectivity index (χ0v) is 15.4. The summed E-state index contributed by atoms with van der Waals surface area (Å²) in [5, 5.41) is 8.09. The molecular formula is C19H27N5O. The van der Waals surface area contributed by atoms with E-state index in [2.05, 4.69) is 40.9 Å². The van der Waals surface area contributed by atoms with Gasteiger partial charge in [-0.1, -0.05) is 20.8 Å². The minimum atomic E-state index is -0.0933. The molecule has 6 nitrogen and oxygen atoms in total. The predicted octanol–water partition coefficient (Wildman–Crippen LogP) is 2.24. The van der Waals surface area contributed by atoms with Crippen molar-refractivity contribution in [1.29, 1.82) is 0 Å². The molecular weight excluding hydrogens is 314 g/mol. The van der Waals surface area contributed by atoms with Crippen LogP contribution < -0.4 is 5.56 Å². The number of aromatic nitrogens is 4. The number of rotatable bonds is 4. The summed E-state index contributed by atoms with van der Waals surface area (Å²) in [7, 11) is 0. The molecule has 1 saturated heterocycles. The highest BCUT2D eigenvalue weighted by Gasteiger charge is 2.21. The summed E-state index contributed by atoms with van der Waals surface area (Å²) in [6, 6.07) is 5.63. The fraction of sp³-hybridized carbons (Fsp3) is 0.579. The van der Waals surface area contributed by atoms with E-state index in [0.717, 1.165) is 50.4 Å². The van der Waals surface area contributed by atoms with Gasteiger partial charge < -0.3 is 0 Å². The first kappa shape index (κ1) is 17.7. The van der Waals surface area contributed by atoms with Crippen molar-refractivity contribution in [3.05, 3.63) is 52.5 Å². The molecule has 0 aromatic carbocycles. The molecule has 3 rings (SSSR count). The van der Waals surface area contributed by atoms with Gasteiger partial charge in [-0.3, -0.25) is 14.3 Å². The Bertz CT molecular complexity index is 742. The monoisotopic (exact) mass is 341 g/mol. The van der Waals surface area contributed by atoms with Crippen LogP contribution in [0, 0.1) is 5.92 Å². The van der Waals surface area contributed by atoms with Gasteiger partial charge in [-0.15, -0.1) is 0 Å². The standard InChI is InChI=1S/C19H27N5O/c1-19(2,3)17-11-18(25)24(14-20-17)12-15-6-9-23(10-7-15)13-16-5-4-8-21-22-16/h4-5,8,11,14-15H,6-7,9-10,12-13H2,1-3H3. The van der Waals surface area contributed by atoms with Gasteiger partial charge in [0.25, 0.3) is 5.56 Å². The Morgan fingerprint density at radius 1 is 1.24 bits per heavy atom. The van der Waals surface area contributed by atoms with Crippen molar-refractivity contribution in [3.63, 3.8) is 0 Å². The zero-order chi connectivity index (χ0) is 17.9.